The SMILES string of the molecule is CC(C)(C)OC(=O)N(c1ncc(-c2nn(C3CCCCO3)c3ccc(Br)cc23)s1)C1CCNCC1. The largest absolute Gasteiger partial charge is 0.443 e. The third-order valence-electron chi connectivity index (χ3n) is 6.29. The molecule has 35 heavy (non-hydrogen) atoms. The van der Waals surface area contributed by atoms with Gasteiger partial charge in [-0.25, -0.2) is 19.4 Å². The van der Waals surface area contributed by atoms with Crippen LogP contribution in [0.2, 0.25) is 0 Å². The lowest BCUT2D eigenvalue weighted by atomic mass is 10.1. The molecule has 10 heteroatoms. The summed E-state index contributed by atoms with van der Waals surface area (Å²) in [4.78, 5) is 20.6. The first-order valence-electron chi connectivity index (χ1n) is 12.3. The van der Waals surface area contributed by atoms with Crippen LogP contribution in [0.1, 0.15) is 59.1 Å². The number of ether oxygens (including phenoxy) is 2. The molecule has 1 amide bonds. The minimum atomic E-state index is -0.580. The number of nitrogens with zero attached hydrogens (tertiary/aromatic N) is 4. The van der Waals surface area contributed by atoms with Crippen LogP contribution in [0.15, 0.2) is 28.9 Å². The van der Waals surface area contributed by atoms with Crippen LogP contribution < -0.4 is 10.2 Å². The highest BCUT2D eigenvalue weighted by Gasteiger charge is 2.33. The molecule has 1 unspecified atom stereocenters. The average Bonchev–Trinajstić information content (AvgIpc) is 3.44. The highest BCUT2D eigenvalue weighted by atomic mass is 79.9. The normalized spacial score (nSPS) is 19.7. The molecule has 2 aliphatic rings. The molecule has 2 saturated heterocycles. The Morgan fingerprint density at radius 2 is 2.06 bits per heavy atom. The quantitative estimate of drug-likeness (QED) is 0.413. The van der Waals surface area contributed by atoms with Crippen LogP contribution >= 0.6 is 27.3 Å². The first-order chi connectivity index (χ1) is 16.8. The van der Waals surface area contributed by atoms with E-state index >= 15 is 0 Å². The zero-order valence-electron chi connectivity index (χ0n) is 20.4. The molecule has 4 heterocycles. The zero-order valence-corrected chi connectivity index (χ0v) is 22.8. The van der Waals surface area contributed by atoms with E-state index in [1.165, 1.54) is 11.3 Å². The zero-order chi connectivity index (χ0) is 24.6. The fraction of sp³-hybridized carbons (Fsp3) is 0.560. The molecule has 0 saturated carbocycles. The van der Waals surface area contributed by atoms with Gasteiger partial charge < -0.3 is 14.8 Å². The van der Waals surface area contributed by atoms with E-state index in [0.29, 0.717) is 5.13 Å². The van der Waals surface area contributed by atoms with E-state index in [0.717, 1.165) is 77.7 Å². The fourth-order valence-electron chi connectivity index (χ4n) is 4.68. The molecule has 188 valence electrons. The number of thiazole rings is 1. The standard InChI is InChI=1S/C25H32BrN5O3S/c1-25(2,3)34-24(32)30(17-9-11-27-12-10-17)23-28-15-20(35-23)22-18-14-16(26)7-8-19(18)31(29-22)21-6-4-5-13-33-21/h7-8,14-15,17,21,27H,4-6,9-13H2,1-3H3. The second-order valence-corrected chi connectivity index (χ2v) is 12.0. The molecule has 2 fully saturated rings. The van der Waals surface area contributed by atoms with Gasteiger partial charge in [0.25, 0.3) is 0 Å². The maximum atomic E-state index is 13.3. The lowest BCUT2D eigenvalue weighted by Crippen LogP contribution is -2.48. The van der Waals surface area contributed by atoms with Crippen molar-refractivity contribution >= 4 is 49.4 Å². The van der Waals surface area contributed by atoms with E-state index < -0.39 is 5.60 Å². The number of halogens is 1. The number of anilines is 1. The van der Waals surface area contributed by atoms with Crippen molar-refractivity contribution in [3.63, 3.8) is 0 Å². The molecule has 0 bridgehead atoms. The van der Waals surface area contributed by atoms with Crippen LogP contribution in [0.25, 0.3) is 21.5 Å². The molecule has 2 aliphatic heterocycles. The van der Waals surface area contributed by atoms with Crippen molar-refractivity contribution < 1.29 is 14.3 Å². The van der Waals surface area contributed by atoms with Gasteiger partial charge in [0.1, 0.15) is 11.3 Å². The summed E-state index contributed by atoms with van der Waals surface area (Å²) in [6, 6.07) is 6.25. The molecular formula is C25H32BrN5O3S. The number of nitrogens with one attached hydrogen (secondary N) is 1. The van der Waals surface area contributed by atoms with E-state index in [-0.39, 0.29) is 18.4 Å². The van der Waals surface area contributed by atoms with Gasteiger partial charge in [0.2, 0.25) is 0 Å². The summed E-state index contributed by atoms with van der Waals surface area (Å²) in [6.45, 7) is 8.16. The summed E-state index contributed by atoms with van der Waals surface area (Å²) in [5.74, 6) is 0. The molecule has 1 atom stereocenters. The van der Waals surface area contributed by atoms with E-state index in [1.54, 1.807) is 4.90 Å². The van der Waals surface area contributed by atoms with Crippen molar-refractivity contribution in [3.8, 4) is 10.6 Å². The first kappa shape index (κ1) is 24.7. The van der Waals surface area contributed by atoms with Gasteiger partial charge in [-0.2, -0.15) is 5.10 Å². The van der Waals surface area contributed by atoms with Crippen molar-refractivity contribution in [1.82, 2.24) is 20.1 Å². The van der Waals surface area contributed by atoms with Gasteiger partial charge in [0.05, 0.1) is 10.4 Å². The second kappa shape index (κ2) is 10.2. The Morgan fingerprint density at radius 1 is 1.26 bits per heavy atom. The Labute approximate surface area is 218 Å². The fourth-order valence-corrected chi connectivity index (χ4v) is 6.01. The number of benzene rings is 1. The smallest absolute Gasteiger partial charge is 0.416 e. The Hall–Kier alpha value is -2.01. The molecule has 1 aromatic carbocycles. The third-order valence-corrected chi connectivity index (χ3v) is 7.79. The maximum absolute atomic E-state index is 13.3. The van der Waals surface area contributed by atoms with Gasteiger partial charge in [-0.3, -0.25) is 0 Å². The highest BCUT2D eigenvalue weighted by Crippen LogP contribution is 2.39. The van der Waals surface area contributed by atoms with Gasteiger partial charge in [-0.05, 0) is 84.2 Å². The van der Waals surface area contributed by atoms with Crippen molar-refractivity contribution in [2.24, 2.45) is 0 Å². The minimum absolute atomic E-state index is 0.0455. The summed E-state index contributed by atoms with van der Waals surface area (Å²) < 4.78 is 14.8. The molecule has 3 aromatic rings. The van der Waals surface area contributed by atoms with Crippen molar-refractivity contribution in [1.29, 1.82) is 0 Å². The van der Waals surface area contributed by atoms with Gasteiger partial charge in [0, 0.05) is 28.7 Å². The van der Waals surface area contributed by atoms with Crippen LogP contribution in [-0.4, -0.2) is 52.2 Å². The third kappa shape index (κ3) is 5.40. The Bertz CT molecular complexity index is 1190. The molecule has 5 rings (SSSR count). The molecule has 1 N–H and O–H groups in total. The molecule has 0 aliphatic carbocycles. The molecule has 0 spiro atoms. The molecule has 0 radical (unpaired) electrons. The first-order valence-corrected chi connectivity index (χ1v) is 13.9. The van der Waals surface area contributed by atoms with E-state index in [2.05, 4.69) is 33.4 Å². The van der Waals surface area contributed by atoms with Crippen LogP contribution in [0.3, 0.4) is 0 Å². The topological polar surface area (TPSA) is 81.5 Å². The average molecular weight is 563 g/mol. The van der Waals surface area contributed by atoms with Gasteiger partial charge >= 0.3 is 6.09 Å². The number of hydrogen-bond acceptors (Lipinski definition) is 7. The number of hydrogen-bond donors (Lipinski definition) is 1. The van der Waals surface area contributed by atoms with Gasteiger partial charge in [-0.1, -0.05) is 27.3 Å². The lowest BCUT2D eigenvalue weighted by molar-refractivity contribution is -0.0365. The van der Waals surface area contributed by atoms with Crippen molar-refractivity contribution in [3.05, 3.63) is 28.9 Å². The summed E-state index contributed by atoms with van der Waals surface area (Å²) >= 11 is 5.10. The summed E-state index contributed by atoms with van der Waals surface area (Å²) in [7, 11) is 0. The maximum Gasteiger partial charge on any atom is 0.416 e. The molecule has 2 aromatic heterocycles. The van der Waals surface area contributed by atoms with Gasteiger partial charge in [0.15, 0.2) is 11.4 Å². The number of aromatic nitrogens is 3. The highest BCUT2D eigenvalue weighted by molar-refractivity contribution is 9.10. The molecule has 8 nitrogen and oxygen atoms in total. The van der Waals surface area contributed by atoms with Crippen LogP contribution in [0.4, 0.5) is 9.93 Å². The Balaban J connectivity index is 1.53. The summed E-state index contributed by atoms with van der Waals surface area (Å²) in [6.07, 6.45) is 6.29. The number of amides is 1. The second-order valence-electron chi connectivity index (χ2n) is 10.1. The number of fused-ring (bicyclic) bond motifs is 1. The lowest BCUT2D eigenvalue weighted by Gasteiger charge is -2.34. The Morgan fingerprint density at radius 3 is 2.77 bits per heavy atom. The predicted molar refractivity (Wildman–Crippen MR) is 142 cm³/mol. The van der Waals surface area contributed by atoms with Crippen LogP contribution in [0, 0.1) is 0 Å². The van der Waals surface area contributed by atoms with E-state index in [1.807, 2.05) is 37.7 Å². The van der Waals surface area contributed by atoms with Crippen molar-refractivity contribution in [2.75, 3.05) is 24.6 Å². The van der Waals surface area contributed by atoms with E-state index in [9.17, 15) is 4.79 Å². The number of rotatable bonds is 4. The predicted octanol–water partition coefficient (Wildman–Crippen LogP) is 6.11. The van der Waals surface area contributed by atoms with Crippen molar-refractivity contribution in [2.45, 2.75) is 70.7 Å². The number of carbonyl (C=O) groups is 1. The van der Waals surface area contributed by atoms with Crippen LogP contribution in [-0.2, 0) is 9.47 Å². The molecular weight excluding hydrogens is 530 g/mol. The van der Waals surface area contributed by atoms with Gasteiger partial charge in [-0.15, -0.1) is 0 Å². The monoisotopic (exact) mass is 561 g/mol. The summed E-state index contributed by atoms with van der Waals surface area (Å²) in [5.41, 5.74) is 1.31. The number of piperidine rings is 1. The number of carbonyl (C=O) groups excluding carboxylic acids is 1. The van der Waals surface area contributed by atoms with E-state index in [4.69, 9.17) is 19.6 Å². The van der Waals surface area contributed by atoms with Crippen LogP contribution in [0.5, 0.6) is 0 Å². The summed E-state index contributed by atoms with van der Waals surface area (Å²) in [5, 5.41) is 10.1. The Kier molecular flexibility index (Phi) is 7.16. The minimum Gasteiger partial charge on any atom is -0.443 e.